The lowest BCUT2D eigenvalue weighted by Crippen LogP contribution is -2.13. The van der Waals surface area contributed by atoms with Gasteiger partial charge in [0.15, 0.2) is 10.8 Å². The molecule has 1 aromatic carbocycles. The second kappa shape index (κ2) is 5.85. The van der Waals surface area contributed by atoms with Crippen LogP contribution in [0.3, 0.4) is 0 Å². The van der Waals surface area contributed by atoms with Gasteiger partial charge in [-0.2, -0.15) is 0 Å². The molecule has 1 aromatic heterocycles. The Kier molecular flexibility index (Phi) is 4.32. The molecule has 0 bridgehead atoms. The van der Waals surface area contributed by atoms with Crippen molar-refractivity contribution >= 4 is 28.1 Å². The van der Waals surface area contributed by atoms with Gasteiger partial charge in [0.1, 0.15) is 0 Å². The Hall–Kier alpha value is -1.88. The fourth-order valence-corrected chi connectivity index (χ4v) is 2.91. The van der Waals surface area contributed by atoms with Crippen LogP contribution in [-0.2, 0) is 10.2 Å². The van der Waals surface area contributed by atoms with Gasteiger partial charge >= 0.3 is 5.97 Å². The van der Waals surface area contributed by atoms with Crippen molar-refractivity contribution in [1.82, 2.24) is 4.98 Å². The van der Waals surface area contributed by atoms with Crippen molar-refractivity contribution in [2.75, 3.05) is 12.4 Å². The van der Waals surface area contributed by atoms with Gasteiger partial charge in [-0.05, 0) is 24.0 Å². The largest absolute Gasteiger partial charge is 0.464 e. The third kappa shape index (κ3) is 3.42. The zero-order valence-electron chi connectivity index (χ0n) is 13.0. The Balaban J connectivity index is 2.34. The summed E-state index contributed by atoms with van der Waals surface area (Å²) in [5.74, 6) is -0.402. The SMILES string of the molecule is COC(=O)c1nc(Nc2ccccc2C(C)(C)C)sc1C. The van der Waals surface area contributed by atoms with Crippen molar-refractivity contribution < 1.29 is 9.53 Å². The van der Waals surface area contributed by atoms with Crippen LogP contribution in [-0.4, -0.2) is 18.1 Å². The van der Waals surface area contributed by atoms with Crippen LogP contribution in [0.5, 0.6) is 0 Å². The molecular formula is C16H20N2O2S. The normalized spacial score (nSPS) is 11.3. The van der Waals surface area contributed by atoms with Crippen molar-refractivity contribution in [2.24, 2.45) is 0 Å². The molecule has 0 spiro atoms. The number of carbonyl (C=O) groups is 1. The van der Waals surface area contributed by atoms with E-state index in [2.05, 4.69) is 37.1 Å². The van der Waals surface area contributed by atoms with E-state index in [9.17, 15) is 4.79 Å². The van der Waals surface area contributed by atoms with E-state index >= 15 is 0 Å². The van der Waals surface area contributed by atoms with E-state index < -0.39 is 5.97 Å². The molecule has 0 aliphatic heterocycles. The highest BCUT2D eigenvalue weighted by molar-refractivity contribution is 7.15. The maximum Gasteiger partial charge on any atom is 0.357 e. The van der Waals surface area contributed by atoms with Crippen molar-refractivity contribution in [2.45, 2.75) is 33.1 Å². The number of para-hydroxylation sites is 1. The molecule has 2 aromatic rings. The molecule has 1 N–H and O–H groups in total. The minimum absolute atomic E-state index is 0.0288. The van der Waals surface area contributed by atoms with E-state index in [0.717, 1.165) is 10.6 Å². The molecule has 0 radical (unpaired) electrons. The van der Waals surface area contributed by atoms with Gasteiger partial charge in [0, 0.05) is 10.6 Å². The average Bonchev–Trinajstić information content (AvgIpc) is 2.78. The van der Waals surface area contributed by atoms with E-state index in [1.54, 1.807) is 0 Å². The number of methoxy groups -OCH3 is 1. The lowest BCUT2D eigenvalue weighted by molar-refractivity contribution is 0.0594. The number of rotatable bonds is 3. The van der Waals surface area contributed by atoms with Crippen LogP contribution in [0.25, 0.3) is 0 Å². The first-order valence-corrected chi connectivity index (χ1v) is 7.57. The number of benzene rings is 1. The molecule has 112 valence electrons. The molecule has 0 unspecified atom stereocenters. The Morgan fingerprint density at radius 2 is 1.95 bits per heavy atom. The van der Waals surface area contributed by atoms with Crippen molar-refractivity contribution in [3.63, 3.8) is 0 Å². The molecular weight excluding hydrogens is 284 g/mol. The highest BCUT2D eigenvalue weighted by Crippen LogP contribution is 2.33. The molecule has 0 aliphatic rings. The number of aromatic nitrogens is 1. The minimum atomic E-state index is -0.402. The fourth-order valence-electron chi connectivity index (χ4n) is 2.10. The first-order valence-electron chi connectivity index (χ1n) is 6.75. The summed E-state index contributed by atoms with van der Waals surface area (Å²) in [7, 11) is 1.36. The van der Waals surface area contributed by atoms with Gasteiger partial charge in [-0.3, -0.25) is 0 Å². The molecule has 1 heterocycles. The van der Waals surface area contributed by atoms with Crippen molar-refractivity contribution in [3.8, 4) is 0 Å². The Bertz CT molecular complexity index is 657. The van der Waals surface area contributed by atoms with E-state index in [-0.39, 0.29) is 5.41 Å². The highest BCUT2D eigenvalue weighted by atomic mass is 32.1. The summed E-state index contributed by atoms with van der Waals surface area (Å²) in [4.78, 5) is 16.8. The number of hydrogen-bond donors (Lipinski definition) is 1. The highest BCUT2D eigenvalue weighted by Gasteiger charge is 2.20. The summed E-state index contributed by atoms with van der Waals surface area (Å²) >= 11 is 1.45. The fraction of sp³-hybridized carbons (Fsp3) is 0.375. The number of carbonyl (C=O) groups excluding carboxylic acids is 1. The maximum absolute atomic E-state index is 11.6. The first-order chi connectivity index (χ1) is 9.82. The lowest BCUT2D eigenvalue weighted by atomic mass is 9.86. The third-order valence-electron chi connectivity index (χ3n) is 3.15. The summed E-state index contributed by atoms with van der Waals surface area (Å²) in [5, 5.41) is 4.02. The zero-order chi connectivity index (χ0) is 15.6. The molecule has 0 aliphatic carbocycles. The molecule has 4 nitrogen and oxygen atoms in total. The molecule has 0 saturated heterocycles. The van der Waals surface area contributed by atoms with Crippen molar-refractivity contribution in [1.29, 1.82) is 0 Å². The van der Waals surface area contributed by atoms with Crippen LogP contribution in [0.2, 0.25) is 0 Å². The number of ether oxygens (including phenoxy) is 1. The summed E-state index contributed by atoms with van der Waals surface area (Å²) < 4.78 is 4.74. The predicted octanol–water partition coefficient (Wildman–Crippen LogP) is 4.28. The van der Waals surface area contributed by atoms with Crippen molar-refractivity contribution in [3.05, 3.63) is 40.4 Å². The molecule has 0 amide bonds. The van der Waals surface area contributed by atoms with Gasteiger partial charge in [0.2, 0.25) is 0 Å². The maximum atomic E-state index is 11.6. The predicted molar refractivity (Wildman–Crippen MR) is 86.6 cm³/mol. The van der Waals surface area contributed by atoms with Crippen LogP contribution in [0.15, 0.2) is 24.3 Å². The summed E-state index contributed by atoms with van der Waals surface area (Å²) in [6.45, 7) is 8.37. The first kappa shape index (κ1) is 15.5. The van der Waals surface area contributed by atoms with E-state index in [1.807, 2.05) is 25.1 Å². The number of hydrogen-bond acceptors (Lipinski definition) is 5. The van der Waals surface area contributed by atoms with Gasteiger partial charge < -0.3 is 10.1 Å². The van der Waals surface area contributed by atoms with Gasteiger partial charge in [-0.25, -0.2) is 9.78 Å². The molecule has 0 fully saturated rings. The smallest absolute Gasteiger partial charge is 0.357 e. The third-order valence-corrected chi connectivity index (χ3v) is 4.04. The topological polar surface area (TPSA) is 51.2 Å². The molecule has 2 rings (SSSR count). The Morgan fingerprint density at radius 1 is 1.29 bits per heavy atom. The number of anilines is 2. The van der Waals surface area contributed by atoms with Crippen LogP contribution < -0.4 is 5.32 Å². The number of nitrogens with zero attached hydrogens (tertiary/aromatic N) is 1. The van der Waals surface area contributed by atoms with Crippen LogP contribution in [0, 0.1) is 6.92 Å². The monoisotopic (exact) mass is 304 g/mol. The number of thiazole rings is 1. The Morgan fingerprint density at radius 3 is 2.57 bits per heavy atom. The van der Waals surface area contributed by atoms with E-state index in [4.69, 9.17) is 4.74 Å². The van der Waals surface area contributed by atoms with Gasteiger partial charge in [0.05, 0.1) is 7.11 Å². The van der Waals surface area contributed by atoms with E-state index in [1.165, 1.54) is 24.0 Å². The number of esters is 1. The average molecular weight is 304 g/mol. The van der Waals surface area contributed by atoms with Crippen LogP contribution >= 0.6 is 11.3 Å². The Labute approximate surface area is 129 Å². The lowest BCUT2D eigenvalue weighted by Gasteiger charge is -2.22. The standard InChI is InChI=1S/C16H20N2O2S/c1-10-13(14(19)20-5)18-15(21-10)17-12-9-7-6-8-11(12)16(2,3)4/h6-9H,1-5H3,(H,17,18). The second-order valence-corrected chi connectivity index (χ2v) is 7.04. The summed E-state index contributed by atoms with van der Waals surface area (Å²) in [6, 6.07) is 8.14. The molecule has 0 saturated carbocycles. The van der Waals surface area contributed by atoms with Crippen LogP contribution in [0.4, 0.5) is 10.8 Å². The minimum Gasteiger partial charge on any atom is -0.464 e. The quantitative estimate of drug-likeness (QED) is 0.860. The molecule has 21 heavy (non-hydrogen) atoms. The molecule has 5 heteroatoms. The van der Waals surface area contributed by atoms with Gasteiger partial charge in [0.25, 0.3) is 0 Å². The number of aryl methyl sites for hydroxylation is 1. The zero-order valence-corrected chi connectivity index (χ0v) is 13.8. The van der Waals surface area contributed by atoms with Gasteiger partial charge in [-0.1, -0.05) is 39.0 Å². The summed E-state index contributed by atoms with van der Waals surface area (Å²) in [6.07, 6.45) is 0. The summed E-state index contributed by atoms with van der Waals surface area (Å²) in [5.41, 5.74) is 2.62. The molecule has 0 atom stereocenters. The van der Waals surface area contributed by atoms with E-state index in [0.29, 0.717) is 10.8 Å². The number of nitrogens with one attached hydrogen (secondary N) is 1. The van der Waals surface area contributed by atoms with Crippen LogP contribution in [0.1, 0.15) is 41.7 Å². The van der Waals surface area contributed by atoms with Gasteiger partial charge in [-0.15, -0.1) is 11.3 Å². The second-order valence-electron chi connectivity index (χ2n) is 5.84.